The van der Waals surface area contributed by atoms with Gasteiger partial charge >= 0.3 is 29.6 Å². The van der Waals surface area contributed by atoms with E-state index >= 15 is 0 Å². The molecule has 3 rings (SSSR count). The zero-order chi connectivity index (χ0) is 19.5. The molecule has 7 nitrogen and oxygen atoms in total. The molecule has 0 aromatic heterocycles. The smallest absolute Gasteiger partial charge is 0.748 e. The number of aromatic hydroxyl groups is 3. The third kappa shape index (κ3) is 6.83. The summed E-state index contributed by atoms with van der Waals surface area (Å²) in [5.74, 6) is -0.245. The third-order valence-corrected chi connectivity index (χ3v) is 4.33. The minimum absolute atomic E-state index is 0. The van der Waals surface area contributed by atoms with E-state index in [1.807, 2.05) is 12.1 Å². The fraction of sp³-hybridized carbons (Fsp3) is 0.294. The number of fused-ring (bicyclic) bond motifs is 1. The van der Waals surface area contributed by atoms with Gasteiger partial charge in [0.25, 0.3) is 0 Å². The van der Waals surface area contributed by atoms with Crippen LogP contribution in [0.4, 0.5) is 0 Å². The molecule has 0 bridgehead atoms. The van der Waals surface area contributed by atoms with Gasteiger partial charge in [0.1, 0.15) is 5.75 Å². The number of halogens is 1. The van der Waals surface area contributed by atoms with Gasteiger partial charge in [-0.05, 0) is 47.9 Å². The van der Waals surface area contributed by atoms with E-state index in [9.17, 15) is 15.3 Å². The van der Waals surface area contributed by atoms with E-state index in [-0.39, 0.29) is 57.7 Å². The van der Waals surface area contributed by atoms with E-state index < -0.39 is 10.1 Å². The molecule has 0 radical (unpaired) electrons. The molecule has 0 fully saturated rings. The molecule has 0 amide bonds. The Kier molecular flexibility index (Phi) is 8.88. The zero-order valence-corrected chi connectivity index (χ0v) is 18.5. The molecule has 1 aliphatic rings. The first-order valence-corrected chi connectivity index (χ1v) is 9.91. The Hall–Kier alpha value is -1.00. The fourth-order valence-electron chi connectivity index (χ4n) is 2.82. The number of hydrogen-bond donors (Lipinski definition) is 4. The summed E-state index contributed by atoms with van der Waals surface area (Å²) in [5, 5.41) is 32.7. The maximum absolute atomic E-state index is 9.86. The largest absolute Gasteiger partial charge is 1.00 e. The Labute approximate surface area is 185 Å². The van der Waals surface area contributed by atoms with Gasteiger partial charge in [0.05, 0.1) is 15.1 Å². The zero-order valence-electron chi connectivity index (χ0n) is 14.9. The van der Waals surface area contributed by atoms with Crippen molar-refractivity contribution in [2.24, 2.45) is 0 Å². The van der Waals surface area contributed by atoms with Gasteiger partial charge in [-0.15, -0.1) is 0 Å². The van der Waals surface area contributed by atoms with Gasteiger partial charge in [0.2, 0.25) is 0 Å². The molecule has 2 aromatic carbocycles. The maximum Gasteiger partial charge on any atom is 1.00 e. The average Bonchev–Trinajstić information content (AvgIpc) is 2.75. The van der Waals surface area contributed by atoms with Gasteiger partial charge in [0, 0.05) is 18.7 Å². The molecule has 1 unspecified atom stereocenters. The molecular formula is C17H19ClNNaO6S. The van der Waals surface area contributed by atoms with Crippen LogP contribution in [-0.2, 0) is 16.5 Å². The predicted octanol–water partition coefficient (Wildman–Crippen LogP) is -1.10. The summed E-state index contributed by atoms with van der Waals surface area (Å²) in [6.45, 7) is 1.46. The summed E-state index contributed by atoms with van der Waals surface area (Å²) >= 11 is 6.19. The molecule has 27 heavy (non-hydrogen) atoms. The summed E-state index contributed by atoms with van der Waals surface area (Å²) in [6, 6.07) is 8.58. The number of rotatable bonds is 1. The van der Waals surface area contributed by atoms with Crippen LogP contribution in [0.25, 0.3) is 0 Å². The van der Waals surface area contributed by atoms with Crippen LogP contribution in [-0.4, -0.2) is 47.6 Å². The van der Waals surface area contributed by atoms with E-state index in [2.05, 4.69) is 5.32 Å². The van der Waals surface area contributed by atoms with Gasteiger partial charge in [-0.3, -0.25) is 0 Å². The SMILES string of the molecule is CS(=O)(=O)[O-].Oc1ccc(C2CNCCc3c2cc(O)c(O)c3Cl)cc1.[Na+]. The normalized spacial score (nSPS) is 16.2. The van der Waals surface area contributed by atoms with Crippen LogP contribution in [0.2, 0.25) is 5.02 Å². The first-order valence-electron chi connectivity index (χ1n) is 7.71. The molecule has 0 saturated carbocycles. The molecule has 0 aliphatic carbocycles. The summed E-state index contributed by atoms with van der Waals surface area (Å²) < 4.78 is 27.2. The Morgan fingerprint density at radius 1 is 1.19 bits per heavy atom. The van der Waals surface area contributed by atoms with Gasteiger partial charge in [-0.1, -0.05) is 23.7 Å². The Balaban J connectivity index is 0.000000542. The first kappa shape index (κ1) is 24.0. The summed E-state index contributed by atoms with van der Waals surface area (Å²) in [4.78, 5) is 0. The van der Waals surface area contributed by atoms with Crippen molar-refractivity contribution < 1.29 is 57.8 Å². The topological polar surface area (TPSA) is 130 Å². The molecule has 0 spiro atoms. The van der Waals surface area contributed by atoms with Crippen LogP contribution in [0.1, 0.15) is 22.6 Å². The number of phenolic OH excluding ortho intramolecular Hbond substituents is 3. The molecular weight excluding hydrogens is 405 g/mol. The second-order valence-electron chi connectivity index (χ2n) is 5.93. The van der Waals surface area contributed by atoms with Crippen LogP contribution < -0.4 is 34.9 Å². The second kappa shape index (κ2) is 9.97. The quantitative estimate of drug-likeness (QED) is 0.260. The van der Waals surface area contributed by atoms with Gasteiger partial charge in [0.15, 0.2) is 11.5 Å². The van der Waals surface area contributed by atoms with Crippen LogP contribution in [0.15, 0.2) is 30.3 Å². The molecule has 1 heterocycles. The van der Waals surface area contributed by atoms with E-state index in [0.29, 0.717) is 19.2 Å². The average molecular weight is 424 g/mol. The van der Waals surface area contributed by atoms with Crippen molar-refractivity contribution in [2.45, 2.75) is 12.3 Å². The van der Waals surface area contributed by atoms with Crippen molar-refractivity contribution in [3.05, 3.63) is 52.0 Å². The van der Waals surface area contributed by atoms with Gasteiger partial charge < -0.3 is 25.2 Å². The molecule has 0 saturated heterocycles. The van der Waals surface area contributed by atoms with E-state index in [1.165, 1.54) is 0 Å². The van der Waals surface area contributed by atoms with Crippen molar-refractivity contribution in [1.29, 1.82) is 0 Å². The van der Waals surface area contributed by atoms with Crippen molar-refractivity contribution in [2.75, 3.05) is 19.3 Å². The number of phenols is 3. The monoisotopic (exact) mass is 423 g/mol. The molecule has 1 atom stereocenters. The molecule has 4 N–H and O–H groups in total. The standard InChI is InChI=1S/C16H16ClNO3.CH4O3S.Na/c17-15-11-5-6-18-8-13(9-1-3-10(19)4-2-9)12(11)7-14(20)16(15)21;1-5(2,3)4;/h1-4,7,13,18-21H,5-6,8H2;1H3,(H,2,3,4);/q;;+1/p-1. The Morgan fingerprint density at radius 3 is 2.30 bits per heavy atom. The Bertz CT molecular complexity index is 881. The first-order chi connectivity index (χ1) is 12.1. The van der Waals surface area contributed by atoms with Crippen LogP contribution in [0.3, 0.4) is 0 Å². The number of benzene rings is 2. The fourth-order valence-corrected chi connectivity index (χ4v) is 3.12. The van der Waals surface area contributed by atoms with E-state index in [0.717, 1.165) is 23.2 Å². The van der Waals surface area contributed by atoms with Crippen molar-refractivity contribution in [1.82, 2.24) is 5.32 Å². The van der Waals surface area contributed by atoms with Crippen LogP contribution in [0, 0.1) is 0 Å². The minimum atomic E-state index is -3.92. The van der Waals surface area contributed by atoms with E-state index in [1.54, 1.807) is 18.2 Å². The van der Waals surface area contributed by atoms with E-state index in [4.69, 9.17) is 24.6 Å². The van der Waals surface area contributed by atoms with Gasteiger partial charge in [-0.25, -0.2) is 8.42 Å². The molecule has 10 heteroatoms. The van der Waals surface area contributed by atoms with Crippen molar-refractivity contribution in [3.63, 3.8) is 0 Å². The predicted molar refractivity (Wildman–Crippen MR) is 96.9 cm³/mol. The summed E-state index contributed by atoms with van der Waals surface area (Å²) in [5.41, 5.74) is 2.78. The van der Waals surface area contributed by atoms with Gasteiger partial charge in [-0.2, -0.15) is 0 Å². The molecule has 2 aromatic rings. The van der Waals surface area contributed by atoms with Crippen molar-refractivity contribution in [3.8, 4) is 17.2 Å². The van der Waals surface area contributed by atoms with Crippen LogP contribution >= 0.6 is 11.6 Å². The third-order valence-electron chi connectivity index (χ3n) is 3.93. The Morgan fingerprint density at radius 2 is 1.74 bits per heavy atom. The maximum atomic E-state index is 9.86. The number of nitrogens with one attached hydrogen (secondary N) is 1. The molecule has 1 aliphatic heterocycles. The number of hydrogen-bond acceptors (Lipinski definition) is 7. The second-order valence-corrected chi connectivity index (χ2v) is 7.71. The summed E-state index contributed by atoms with van der Waals surface area (Å²) in [7, 11) is -3.92. The van der Waals surface area contributed by atoms with Crippen LogP contribution in [0.5, 0.6) is 17.2 Å². The van der Waals surface area contributed by atoms with Crippen molar-refractivity contribution >= 4 is 21.7 Å². The molecule has 142 valence electrons. The minimum Gasteiger partial charge on any atom is -0.748 e. The summed E-state index contributed by atoms with van der Waals surface area (Å²) in [6.07, 6.45) is 1.30.